The molecule has 1 aliphatic rings. The standard InChI is InChI=1S/C27H26N2O4/c30-25(26(31)18-10-9-17-11-13-28-24(17)15-18)12-14-29-27(32)33-16-23-21-7-3-1-5-19(21)20-6-2-4-8-22(20)23/h1-11,13,15,23,25-26,28,30-31H,12,14,16H2,(H,29,32). The number of alkyl carbamates (subject to hydrolysis) is 1. The maximum atomic E-state index is 12.3. The van der Waals surface area contributed by atoms with Gasteiger partial charge in [0.25, 0.3) is 0 Å². The van der Waals surface area contributed by atoms with Gasteiger partial charge in [0, 0.05) is 24.2 Å². The SMILES string of the molecule is O=C(NCCC(O)C(O)c1ccc2cc[nH]c2c1)OCC1c2ccccc2-c2ccccc21. The number of hydrogen-bond acceptors (Lipinski definition) is 4. The zero-order chi connectivity index (χ0) is 22.8. The second-order valence-electron chi connectivity index (χ2n) is 8.38. The van der Waals surface area contributed by atoms with Gasteiger partial charge in [0.05, 0.1) is 6.10 Å². The molecule has 5 rings (SSSR count). The molecular weight excluding hydrogens is 416 g/mol. The Balaban J connectivity index is 1.13. The number of carbonyl (C=O) groups is 1. The Morgan fingerprint density at radius 2 is 1.67 bits per heavy atom. The minimum Gasteiger partial charge on any atom is -0.449 e. The molecule has 6 heteroatoms. The zero-order valence-corrected chi connectivity index (χ0v) is 18.1. The number of ether oxygens (including phenoxy) is 1. The summed E-state index contributed by atoms with van der Waals surface area (Å²) in [6, 6.07) is 23.8. The first-order valence-corrected chi connectivity index (χ1v) is 11.1. The first-order valence-electron chi connectivity index (χ1n) is 11.1. The zero-order valence-electron chi connectivity index (χ0n) is 18.1. The van der Waals surface area contributed by atoms with Crippen molar-refractivity contribution < 1.29 is 19.7 Å². The van der Waals surface area contributed by atoms with E-state index in [1.807, 2.05) is 48.7 Å². The number of H-pyrrole nitrogens is 1. The first kappa shape index (κ1) is 21.2. The topological polar surface area (TPSA) is 94.6 Å². The van der Waals surface area contributed by atoms with Crippen LogP contribution < -0.4 is 5.32 Å². The van der Waals surface area contributed by atoms with Gasteiger partial charge in [0.2, 0.25) is 0 Å². The van der Waals surface area contributed by atoms with Gasteiger partial charge in [-0.3, -0.25) is 0 Å². The molecule has 0 aliphatic heterocycles. The number of amides is 1. The number of benzene rings is 3. The van der Waals surface area contributed by atoms with Gasteiger partial charge in [-0.2, -0.15) is 0 Å². The normalized spacial score (nSPS) is 14.5. The van der Waals surface area contributed by atoms with E-state index in [1.54, 1.807) is 6.07 Å². The van der Waals surface area contributed by atoms with Gasteiger partial charge < -0.3 is 25.3 Å². The highest BCUT2D eigenvalue weighted by Crippen LogP contribution is 2.44. The van der Waals surface area contributed by atoms with E-state index in [1.165, 1.54) is 11.1 Å². The molecule has 0 spiro atoms. The summed E-state index contributed by atoms with van der Waals surface area (Å²) in [5.41, 5.74) is 6.19. The third kappa shape index (κ3) is 4.23. The Labute approximate surface area is 191 Å². The number of carbonyl (C=O) groups excluding carboxylic acids is 1. The molecule has 2 atom stereocenters. The Hall–Kier alpha value is -3.61. The van der Waals surface area contributed by atoms with E-state index in [0.29, 0.717) is 5.56 Å². The van der Waals surface area contributed by atoms with E-state index in [4.69, 9.17) is 4.74 Å². The Morgan fingerprint density at radius 3 is 2.39 bits per heavy atom. The molecule has 3 aromatic carbocycles. The average Bonchev–Trinajstić information content (AvgIpc) is 3.44. The van der Waals surface area contributed by atoms with Crippen LogP contribution in [0.15, 0.2) is 79.0 Å². The van der Waals surface area contributed by atoms with Crippen LogP contribution in [0.2, 0.25) is 0 Å². The van der Waals surface area contributed by atoms with Crippen molar-refractivity contribution >= 4 is 17.0 Å². The fourth-order valence-electron chi connectivity index (χ4n) is 4.60. The predicted octanol–water partition coefficient (Wildman–Crippen LogP) is 4.49. The summed E-state index contributed by atoms with van der Waals surface area (Å²) >= 11 is 0. The molecule has 1 heterocycles. The fraction of sp³-hybridized carbons (Fsp3) is 0.222. The molecule has 2 unspecified atom stereocenters. The van der Waals surface area contributed by atoms with Crippen LogP contribution in [0.25, 0.3) is 22.0 Å². The quantitative estimate of drug-likeness (QED) is 0.339. The second kappa shape index (κ2) is 9.10. The summed E-state index contributed by atoms with van der Waals surface area (Å²) in [5, 5.41) is 24.6. The smallest absolute Gasteiger partial charge is 0.407 e. The Bertz CT molecular complexity index is 1240. The molecule has 0 bridgehead atoms. The summed E-state index contributed by atoms with van der Waals surface area (Å²) in [5.74, 6) is -0.00142. The lowest BCUT2D eigenvalue weighted by Gasteiger charge is -2.19. The van der Waals surface area contributed by atoms with E-state index in [-0.39, 0.29) is 25.5 Å². The van der Waals surface area contributed by atoms with Crippen molar-refractivity contribution in [3.05, 3.63) is 95.7 Å². The third-order valence-electron chi connectivity index (χ3n) is 6.34. The minimum absolute atomic E-state index is 0.00142. The highest BCUT2D eigenvalue weighted by molar-refractivity contribution is 5.80. The average molecular weight is 443 g/mol. The molecule has 0 fully saturated rings. The molecule has 33 heavy (non-hydrogen) atoms. The number of nitrogens with one attached hydrogen (secondary N) is 2. The van der Waals surface area contributed by atoms with Gasteiger partial charge in [-0.15, -0.1) is 0 Å². The summed E-state index contributed by atoms with van der Waals surface area (Å²) in [6.45, 7) is 0.431. The van der Waals surface area contributed by atoms with Crippen LogP contribution in [-0.4, -0.2) is 40.5 Å². The number of aromatic nitrogens is 1. The van der Waals surface area contributed by atoms with Crippen LogP contribution in [-0.2, 0) is 4.74 Å². The number of aromatic amines is 1. The lowest BCUT2D eigenvalue weighted by Crippen LogP contribution is -2.30. The largest absolute Gasteiger partial charge is 0.449 e. The number of aliphatic hydroxyl groups excluding tert-OH is 2. The lowest BCUT2D eigenvalue weighted by atomic mass is 9.98. The van der Waals surface area contributed by atoms with E-state index < -0.39 is 18.3 Å². The van der Waals surface area contributed by atoms with Gasteiger partial charge in [-0.1, -0.05) is 60.7 Å². The van der Waals surface area contributed by atoms with E-state index >= 15 is 0 Å². The lowest BCUT2D eigenvalue weighted by molar-refractivity contribution is 0.0137. The van der Waals surface area contributed by atoms with Crippen molar-refractivity contribution in [2.45, 2.75) is 24.5 Å². The van der Waals surface area contributed by atoms with Crippen molar-refractivity contribution in [2.24, 2.45) is 0 Å². The fourth-order valence-corrected chi connectivity index (χ4v) is 4.60. The minimum atomic E-state index is -1.04. The molecule has 4 aromatic rings. The molecule has 168 valence electrons. The molecule has 1 amide bonds. The van der Waals surface area contributed by atoms with Gasteiger partial charge in [-0.05, 0) is 51.8 Å². The monoisotopic (exact) mass is 442 g/mol. The van der Waals surface area contributed by atoms with Crippen LogP contribution in [0.5, 0.6) is 0 Å². The third-order valence-corrected chi connectivity index (χ3v) is 6.34. The molecule has 0 saturated heterocycles. The summed E-state index contributed by atoms with van der Waals surface area (Å²) in [4.78, 5) is 15.4. The molecule has 1 aliphatic carbocycles. The van der Waals surface area contributed by atoms with Crippen molar-refractivity contribution in [3.8, 4) is 11.1 Å². The molecule has 0 radical (unpaired) electrons. The molecule has 6 nitrogen and oxygen atoms in total. The van der Waals surface area contributed by atoms with Gasteiger partial charge in [0.1, 0.15) is 12.7 Å². The first-order chi connectivity index (χ1) is 16.1. The summed E-state index contributed by atoms with van der Waals surface area (Å²) < 4.78 is 5.51. The predicted molar refractivity (Wildman–Crippen MR) is 127 cm³/mol. The van der Waals surface area contributed by atoms with Gasteiger partial charge >= 0.3 is 6.09 Å². The Morgan fingerprint density at radius 1 is 0.970 bits per heavy atom. The van der Waals surface area contributed by atoms with E-state index in [9.17, 15) is 15.0 Å². The Kier molecular flexibility index (Phi) is 5.86. The number of hydrogen-bond donors (Lipinski definition) is 4. The van der Waals surface area contributed by atoms with Crippen molar-refractivity contribution in [1.82, 2.24) is 10.3 Å². The second-order valence-corrected chi connectivity index (χ2v) is 8.38. The van der Waals surface area contributed by atoms with Crippen molar-refractivity contribution in [3.63, 3.8) is 0 Å². The van der Waals surface area contributed by atoms with Crippen LogP contribution in [0.4, 0.5) is 4.79 Å². The van der Waals surface area contributed by atoms with Crippen molar-refractivity contribution in [1.29, 1.82) is 0 Å². The van der Waals surface area contributed by atoms with Crippen LogP contribution in [0.1, 0.15) is 35.1 Å². The van der Waals surface area contributed by atoms with Crippen LogP contribution in [0, 0.1) is 0 Å². The molecule has 4 N–H and O–H groups in total. The molecule has 1 aromatic heterocycles. The van der Waals surface area contributed by atoms with Crippen LogP contribution >= 0.6 is 0 Å². The number of aliphatic hydroxyl groups is 2. The van der Waals surface area contributed by atoms with Gasteiger partial charge in [0.15, 0.2) is 0 Å². The number of rotatable bonds is 7. The number of fused-ring (bicyclic) bond motifs is 4. The highest BCUT2D eigenvalue weighted by Gasteiger charge is 2.29. The maximum absolute atomic E-state index is 12.3. The molecule has 0 saturated carbocycles. The molecular formula is C27H26N2O4. The van der Waals surface area contributed by atoms with Crippen molar-refractivity contribution in [2.75, 3.05) is 13.2 Å². The summed E-state index contributed by atoms with van der Waals surface area (Å²) in [7, 11) is 0. The highest BCUT2D eigenvalue weighted by atomic mass is 16.5. The van der Waals surface area contributed by atoms with Gasteiger partial charge in [-0.25, -0.2) is 4.79 Å². The van der Waals surface area contributed by atoms with Crippen LogP contribution in [0.3, 0.4) is 0 Å². The summed E-state index contributed by atoms with van der Waals surface area (Å²) in [6.07, 6.45) is -0.552. The van der Waals surface area contributed by atoms with E-state index in [0.717, 1.165) is 22.0 Å². The maximum Gasteiger partial charge on any atom is 0.407 e. The van der Waals surface area contributed by atoms with E-state index in [2.05, 4.69) is 34.6 Å².